The molecule has 6 heteroatoms. The number of nitrogens with one attached hydrogen (secondary N) is 1. The minimum absolute atomic E-state index is 0.0801. The Labute approximate surface area is 194 Å². The first-order valence-electron chi connectivity index (χ1n) is 9.97. The van der Waals surface area contributed by atoms with E-state index in [2.05, 4.69) is 40.0 Å². The zero-order valence-corrected chi connectivity index (χ0v) is 19.3. The number of benzene rings is 3. The number of ether oxygens (including phenoxy) is 1. The molecule has 158 valence electrons. The van der Waals surface area contributed by atoms with Crippen molar-refractivity contribution in [3.63, 3.8) is 0 Å². The number of alkyl carbamates (subject to hydrolysis) is 1. The number of carboxylic acids is 1. The van der Waals surface area contributed by atoms with Crippen molar-refractivity contribution < 1.29 is 19.4 Å². The van der Waals surface area contributed by atoms with Gasteiger partial charge in [-0.1, -0.05) is 54.6 Å². The van der Waals surface area contributed by atoms with Gasteiger partial charge in [0.15, 0.2) is 6.04 Å². The highest BCUT2D eigenvalue weighted by Crippen LogP contribution is 2.44. The molecule has 0 heterocycles. The molecular weight excluding hydrogens is 505 g/mol. The second-order valence-corrected chi connectivity index (χ2v) is 8.86. The Morgan fingerprint density at radius 1 is 1.00 bits per heavy atom. The molecule has 0 bridgehead atoms. The molecule has 1 atom stereocenters. The average molecular weight is 527 g/mol. The first kappa shape index (κ1) is 21.4. The molecule has 1 amide bonds. The first-order valence-corrected chi connectivity index (χ1v) is 11.1. The van der Waals surface area contributed by atoms with E-state index >= 15 is 0 Å². The van der Waals surface area contributed by atoms with Gasteiger partial charge in [-0.25, -0.2) is 9.59 Å². The summed E-state index contributed by atoms with van der Waals surface area (Å²) in [5.74, 6) is -1.21. The van der Waals surface area contributed by atoms with E-state index in [1.165, 1.54) is 0 Å². The van der Waals surface area contributed by atoms with E-state index in [0.29, 0.717) is 5.56 Å². The van der Waals surface area contributed by atoms with E-state index in [1.807, 2.05) is 56.3 Å². The lowest BCUT2D eigenvalue weighted by atomic mass is 9.98. The van der Waals surface area contributed by atoms with E-state index in [4.69, 9.17) is 4.74 Å². The quantitative estimate of drug-likeness (QED) is 0.426. The van der Waals surface area contributed by atoms with Crippen molar-refractivity contribution in [3.05, 3.63) is 92.1 Å². The second-order valence-electron chi connectivity index (χ2n) is 7.70. The van der Waals surface area contributed by atoms with Gasteiger partial charge in [-0.15, -0.1) is 0 Å². The van der Waals surface area contributed by atoms with E-state index in [0.717, 1.165) is 37.0 Å². The van der Waals surface area contributed by atoms with Crippen molar-refractivity contribution in [1.29, 1.82) is 0 Å². The summed E-state index contributed by atoms with van der Waals surface area (Å²) < 4.78 is 6.46. The number of carbonyl (C=O) groups is 2. The Morgan fingerprint density at radius 3 is 2.16 bits per heavy atom. The summed E-state index contributed by atoms with van der Waals surface area (Å²) in [4.78, 5) is 24.5. The standard InChI is InChI=1S/C25H22INO4/c1-14-11-15(2)22(26)12-20(14)23(24(28)29)27-25(30)31-13-21-18-9-5-3-7-16(18)17-8-4-6-10-19(17)21/h3-12,21,23H,13H2,1-2H3,(H,27,30)(H,28,29). The molecule has 5 nitrogen and oxygen atoms in total. The third-order valence-corrected chi connectivity index (χ3v) is 6.87. The van der Waals surface area contributed by atoms with Gasteiger partial charge in [0.25, 0.3) is 0 Å². The highest BCUT2D eigenvalue weighted by Gasteiger charge is 2.30. The first-order chi connectivity index (χ1) is 14.9. The molecule has 2 N–H and O–H groups in total. The fourth-order valence-electron chi connectivity index (χ4n) is 4.18. The zero-order valence-electron chi connectivity index (χ0n) is 17.2. The summed E-state index contributed by atoms with van der Waals surface area (Å²) >= 11 is 2.16. The minimum Gasteiger partial charge on any atom is -0.479 e. The third kappa shape index (κ3) is 4.17. The molecule has 3 aromatic carbocycles. The summed E-state index contributed by atoms with van der Waals surface area (Å²) in [5.41, 5.74) is 6.92. The fraction of sp³-hybridized carbons (Fsp3) is 0.200. The number of aryl methyl sites for hydroxylation is 2. The number of hydrogen-bond donors (Lipinski definition) is 2. The lowest BCUT2D eigenvalue weighted by molar-refractivity contribution is -0.139. The Bertz CT molecular complexity index is 1130. The van der Waals surface area contributed by atoms with E-state index in [9.17, 15) is 14.7 Å². The Morgan fingerprint density at radius 2 is 1.58 bits per heavy atom. The van der Waals surface area contributed by atoms with Crippen LogP contribution in [0.2, 0.25) is 0 Å². The van der Waals surface area contributed by atoms with Gasteiger partial charge in [-0.2, -0.15) is 0 Å². The maximum Gasteiger partial charge on any atom is 0.408 e. The van der Waals surface area contributed by atoms with Gasteiger partial charge in [-0.3, -0.25) is 0 Å². The second kappa shape index (κ2) is 8.70. The van der Waals surface area contributed by atoms with Crippen LogP contribution in [0.4, 0.5) is 4.79 Å². The number of halogens is 1. The lowest BCUT2D eigenvalue weighted by Crippen LogP contribution is -2.35. The van der Waals surface area contributed by atoms with Crippen molar-refractivity contribution in [1.82, 2.24) is 5.32 Å². The smallest absolute Gasteiger partial charge is 0.408 e. The predicted molar refractivity (Wildman–Crippen MR) is 127 cm³/mol. The molecule has 31 heavy (non-hydrogen) atoms. The zero-order chi connectivity index (χ0) is 22.1. The van der Waals surface area contributed by atoms with Crippen LogP contribution < -0.4 is 5.32 Å². The summed E-state index contributed by atoms with van der Waals surface area (Å²) in [6.07, 6.45) is -0.746. The summed E-state index contributed by atoms with van der Waals surface area (Å²) in [7, 11) is 0. The maximum atomic E-state index is 12.6. The van der Waals surface area contributed by atoms with Crippen molar-refractivity contribution in [3.8, 4) is 11.1 Å². The molecule has 0 saturated heterocycles. The van der Waals surface area contributed by atoms with Crippen LogP contribution in [0.25, 0.3) is 11.1 Å². The molecule has 0 aromatic heterocycles. The van der Waals surface area contributed by atoms with Gasteiger partial charge in [0, 0.05) is 9.49 Å². The lowest BCUT2D eigenvalue weighted by Gasteiger charge is -2.19. The average Bonchev–Trinajstić information content (AvgIpc) is 3.07. The van der Waals surface area contributed by atoms with Crippen molar-refractivity contribution >= 4 is 34.7 Å². The van der Waals surface area contributed by atoms with Crippen LogP contribution in [0, 0.1) is 17.4 Å². The van der Waals surface area contributed by atoms with Crippen LogP contribution >= 0.6 is 22.6 Å². The normalized spacial score (nSPS) is 13.3. The van der Waals surface area contributed by atoms with Crippen molar-refractivity contribution in [2.75, 3.05) is 6.61 Å². The number of fused-ring (bicyclic) bond motifs is 3. The fourth-order valence-corrected chi connectivity index (χ4v) is 4.67. The molecule has 1 aliphatic carbocycles. The highest BCUT2D eigenvalue weighted by atomic mass is 127. The summed E-state index contributed by atoms with van der Waals surface area (Å²) in [5, 5.41) is 12.3. The maximum absolute atomic E-state index is 12.6. The molecule has 4 rings (SSSR count). The number of amides is 1. The molecule has 0 aliphatic heterocycles. The number of hydrogen-bond acceptors (Lipinski definition) is 3. The van der Waals surface area contributed by atoms with Gasteiger partial charge >= 0.3 is 12.1 Å². The van der Waals surface area contributed by atoms with Crippen LogP contribution in [0.3, 0.4) is 0 Å². The minimum atomic E-state index is -1.18. The van der Waals surface area contributed by atoms with Gasteiger partial charge < -0.3 is 15.2 Å². The van der Waals surface area contributed by atoms with E-state index in [-0.39, 0.29) is 12.5 Å². The van der Waals surface area contributed by atoms with Crippen molar-refractivity contribution in [2.45, 2.75) is 25.8 Å². The summed E-state index contributed by atoms with van der Waals surface area (Å²) in [6.45, 7) is 3.94. The predicted octanol–water partition coefficient (Wildman–Crippen LogP) is 5.57. The molecule has 0 saturated carbocycles. The van der Waals surface area contributed by atoms with Gasteiger partial charge in [-0.05, 0) is 81.4 Å². The van der Waals surface area contributed by atoms with Crippen molar-refractivity contribution in [2.24, 2.45) is 0 Å². The molecule has 1 aliphatic rings. The largest absolute Gasteiger partial charge is 0.479 e. The van der Waals surface area contributed by atoms with Crippen LogP contribution in [0.1, 0.15) is 39.8 Å². The number of aliphatic carboxylic acids is 1. The van der Waals surface area contributed by atoms with Crippen LogP contribution in [-0.2, 0) is 9.53 Å². The number of carboxylic acid groups (broad SMARTS) is 1. The Balaban J connectivity index is 1.51. The topological polar surface area (TPSA) is 75.6 Å². The SMILES string of the molecule is Cc1cc(C)c(C(NC(=O)OCC2c3ccccc3-c3ccccc32)C(=O)O)cc1I. The Hall–Kier alpha value is -2.87. The highest BCUT2D eigenvalue weighted by molar-refractivity contribution is 14.1. The van der Waals surface area contributed by atoms with Crippen LogP contribution in [0.5, 0.6) is 0 Å². The molecule has 1 unspecified atom stereocenters. The molecule has 0 spiro atoms. The van der Waals surface area contributed by atoms with E-state index in [1.54, 1.807) is 6.07 Å². The van der Waals surface area contributed by atoms with Crippen LogP contribution in [0.15, 0.2) is 60.7 Å². The monoisotopic (exact) mass is 527 g/mol. The Kier molecular flexibility index (Phi) is 6.00. The van der Waals surface area contributed by atoms with Gasteiger partial charge in [0.05, 0.1) is 0 Å². The van der Waals surface area contributed by atoms with Gasteiger partial charge in [0.1, 0.15) is 6.61 Å². The molecule has 3 aromatic rings. The van der Waals surface area contributed by atoms with Crippen LogP contribution in [-0.4, -0.2) is 23.8 Å². The third-order valence-electron chi connectivity index (χ3n) is 5.71. The molecular formula is C25H22INO4. The molecule has 0 fully saturated rings. The van der Waals surface area contributed by atoms with E-state index < -0.39 is 18.1 Å². The number of rotatable bonds is 5. The molecule has 0 radical (unpaired) electrons. The van der Waals surface area contributed by atoms with Gasteiger partial charge in [0.2, 0.25) is 0 Å². The number of carbonyl (C=O) groups excluding carboxylic acids is 1. The summed E-state index contributed by atoms with van der Waals surface area (Å²) in [6, 6.07) is 18.7.